The number of likely N-dealkylation sites (tertiary alicyclic amines) is 2. The predicted molar refractivity (Wildman–Crippen MR) is 124 cm³/mol. The summed E-state index contributed by atoms with van der Waals surface area (Å²) in [5.74, 6) is 0.581. The lowest BCUT2D eigenvalue weighted by Crippen LogP contribution is -2.35. The van der Waals surface area contributed by atoms with Gasteiger partial charge in [-0.3, -0.25) is 9.59 Å². The van der Waals surface area contributed by atoms with Crippen LogP contribution in [0, 0.1) is 25.7 Å². The Balaban J connectivity index is 1.31. The Morgan fingerprint density at radius 3 is 2.12 bits per heavy atom. The number of hydrogen-bond donors (Lipinski definition) is 1. The van der Waals surface area contributed by atoms with E-state index < -0.39 is 9.84 Å². The molecule has 176 valence electrons. The van der Waals surface area contributed by atoms with Crippen molar-refractivity contribution in [2.24, 2.45) is 11.8 Å². The quantitative estimate of drug-likeness (QED) is 0.636. The van der Waals surface area contributed by atoms with Crippen LogP contribution in [0.3, 0.4) is 0 Å². The van der Waals surface area contributed by atoms with E-state index in [4.69, 9.17) is 0 Å². The molecule has 0 saturated carbocycles. The molecule has 0 bridgehead atoms. The largest absolute Gasteiger partial charge is 0.338 e. The molecule has 0 spiro atoms. The molecular formula is C23H29N5O4S. The van der Waals surface area contributed by atoms with E-state index in [0.29, 0.717) is 54.8 Å². The maximum Gasteiger partial charge on any atom is 0.257 e. The normalized spacial score (nSPS) is 20.6. The first kappa shape index (κ1) is 23.3. The first-order valence-electron chi connectivity index (χ1n) is 11.0. The molecule has 10 heteroatoms. The zero-order valence-corrected chi connectivity index (χ0v) is 19.9. The molecule has 3 heterocycles. The summed E-state index contributed by atoms with van der Waals surface area (Å²) in [5.41, 5.74) is 1.96. The Labute approximate surface area is 194 Å². The van der Waals surface area contributed by atoms with Crippen molar-refractivity contribution >= 4 is 27.3 Å². The minimum atomic E-state index is -3.54. The van der Waals surface area contributed by atoms with Gasteiger partial charge in [-0.1, -0.05) is 18.2 Å². The van der Waals surface area contributed by atoms with E-state index in [-0.39, 0.29) is 17.0 Å². The number of hydrogen-bond acceptors (Lipinski definition) is 7. The van der Waals surface area contributed by atoms with Crippen molar-refractivity contribution in [3.63, 3.8) is 0 Å². The fourth-order valence-electron chi connectivity index (χ4n) is 4.76. The van der Waals surface area contributed by atoms with Gasteiger partial charge in [0.15, 0.2) is 0 Å². The summed E-state index contributed by atoms with van der Waals surface area (Å²) in [6.45, 7) is 6.99. The first-order valence-corrected chi connectivity index (χ1v) is 12.9. The molecule has 1 N–H and O–H groups in total. The van der Waals surface area contributed by atoms with E-state index in [1.54, 1.807) is 13.8 Å². The van der Waals surface area contributed by atoms with Crippen LogP contribution in [0.5, 0.6) is 0 Å². The van der Waals surface area contributed by atoms with Crippen LogP contribution in [0.1, 0.15) is 28.2 Å². The maximum atomic E-state index is 13.2. The van der Waals surface area contributed by atoms with E-state index in [1.165, 1.54) is 0 Å². The first-order chi connectivity index (χ1) is 15.6. The van der Waals surface area contributed by atoms with Crippen LogP contribution in [-0.4, -0.2) is 79.0 Å². The van der Waals surface area contributed by atoms with Gasteiger partial charge in [0.1, 0.15) is 0 Å². The number of benzene rings is 1. The Morgan fingerprint density at radius 2 is 1.58 bits per heavy atom. The molecule has 9 nitrogen and oxygen atoms in total. The number of carbonyl (C=O) groups is 2. The monoisotopic (exact) mass is 471 g/mol. The number of nitrogens with one attached hydrogen (secondary N) is 1. The number of nitrogens with zero attached hydrogens (tertiary/aromatic N) is 4. The number of aromatic nitrogens is 2. The smallest absolute Gasteiger partial charge is 0.257 e. The van der Waals surface area contributed by atoms with Gasteiger partial charge < -0.3 is 15.1 Å². The molecule has 33 heavy (non-hydrogen) atoms. The lowest BCUT2D eigenvalue weighted by atomic mass is 10.0. The topological polar surface area (TPSA) is 113 Å². The number of fused-ring (bicyclic) bond motifs is 1. The molecule has 0 radical (unpaired) electrons. The lowest BCUT2D eigenvalue weighted by Gasteiger charge is -2.22. The Morgan fingerprint density at radius 1 is 1.00 bits per heavy atom. The average Bonchev–Trinajstić information content (AvgIpc) is 3.30. The van der Waals surface area contributed by atoms with Crippen molar-refractivity contribution in [3.8, 4) is 0 Å². The molecule has 2 aromatic rings. The highest BCUT2D eigenvalue weighted by Crippen LogP contribution is 2.32. The number of rotatable bonds is 6. The van der Waals surface area contributed by atoms with E-state index in [2.05, 4.69) is 20.2 Å². The third-order valence-corrected chi connectivity index (χ3v) is 7.20. The molecule has 2 fully saturated rings. The standard InChI is InChI=1S/C23H29N5O4S/c1-15-21(16(2)25-23(24-15)33(3,31)32)22(30)28-13-17-11-27(12-18(17)14-28)10-9-20(29)26-19-7-5-4-6-8-19/h4-8,17-18H,9-14H2,1-3H3,(H,26,29)/t17-,18?/m0/s1. The molecule has 2 atom stereocenters. The minimum absolute atomic E-state index is 0.00134. The van der Waals surface area contributed by atoms with Gasteiger partial charge >= 0.3 is 0 Å². The fourth-order valence-corrected chi connectivity index (χ4v) is 5.37. The van der Waals surface area contributed by atoms with Crippen LogP contribution in [0.4, 0.5) is 5.69 Å². The molecule has 0 aliphatic carbocycles. The molecule has 4 rings (SSSR count). The Kier molecular flexibility index (Phi) is 6.49. The Bertz CT molecular complexity index is 1130. The molecule has 2 aliphatic heterocycles. The number of sulfone groups is 1. The number of amides is 2. The van der Waals surface area contributed by atoms with Crippen LogP contribution in [0.15, 0.2) is 35.5 Å². The molecule has 2 aliphatic rings. The second-order valence-electron chi connectivity index (χ2n) is 8.98. The summed E-state index contributed by atoms with van der Waals surface area (Å²) in [4.78, 5) is 37.6. The highest BCUT2D eigenvalue weighted by molar-refractivity contribution is 7.90. The van der Waals surface area contributed by atoms with Crippen molar-refractivity contribution in [2.75, 3.05) is 44.3 Å². The summed E-state index contributed by atoms with van der Waals surface area (Å²) >= 11 is 0. The van der Waals surface area contributed by atoms with E-state index in [9.17, 15) is 18.0 Å². The number of carbonyl (C=O) groups excluding carboxylic acids is 2. The number of para-hydroxylation sites is 1. The van der Waals surface area contributed by atoms with Gasteiger partial charge in [-0.25, -0.2) is 18.4 Å². The van der Waals surface area contributed by atoms with Crippen molar-refractivity contribution in [1.82, 2.24) is 19.8 Å². The lowest BCUT2D eigenvalue weighted by molar-refractivity contribution is -0.116. The summed E-state index contributed by atoms with van der Waals surface area (Å²) in [7, 11) is -3.54. The van der Waals surface area contributed by atoms with E-state index in [0.717, 1.165) is 25.0 Å². The van der Waals surface area contributed by atoms with Crippen LogP contribution in [-0.2, 0) is 14.6 Å². The van der Waals surface area contributed by atoms with Crippen LogP contribution >= 0.6 is 0 Å². The van der Waals surface area contributed by atoms with Crippen LogP contribution in [0.2, 0.25) is 0 Å². The molecule has 2 saturated heterocycles. The predicted octanol–water partition coefficient (Wildman–Crippen LogP) is 1.53. The zero-order valence-electron chi connectivity index (χ0n) is 19.1. The number of aryl methyl sites for hydroxylation is 2. The van der Waals surface area contributed by atoms with E-state index >= 15 is 0 Å². The SMILES string of the molecule is Cc1nc(S(C)(=O)=O)nc(C)c1C(=O)N1CC2CN(CCC(=O)Nc3ccccc3)C[C@H]2C1. The van der Waals surface area contributed by atoms with Gasteiger partial charge in [-0.15, -0.1) is 0 Å². The highest BCUT2D eigenvalue weighted by atomic mass is 32.2. The molecule has 1 aromatic carbocycles. The van der Waals surface area contributed by atoms with Crippen LogP contribution < -0.4 is 5.32 Å². The second-order valence-corrected chi connectivity index (χ2v) is 10.9. The van der Waals surface area contributed by atoms with Crippen molar-refractivity contribution in [2.45, 2.75) is 25.4 Å². The average molecular weight is 472 g/mol. The van der Waals surface area contributed by atoms with Crippen molar-refractivity contribution in [3.05, 3.63) is 47.3 Å². The fraction of sp³-hybridized carbons (Fsp3) is 0.478. The van der Waals surface area contributed by atoms with Crippen molar-refractivity contribution in [1.29, 1.82) is 0 Å². The third-order valence-electron chi connectivity index (χ3n) is 6.36. The summed E-state index contributed by atoms with van der Waals surface area (Å²) in [5, 5.41) is 2.66. The second kappa shape index (κ2) is 9.18. The van der Waals surface area contributed by atoms with Gasteiger partial charge in [0.25, 0.3) is 5.91 Å². The molecule has 2 amide bonds. The van der Waals surface area contributed by atoms with Gasteiger partial charge in [0.2, 0.25) is 20.9 Å². The van der Waals surface area contributed by atoms with Gasteiger partial charge in [-0.05, 0) is 37.8 Å². The summed E-state index contributed by atoms with van der Waals surface area (Å²) in [6, 6.07) is 9.42. The van der Waals surface area contributed by atoms with Crippen molar-refractivity contribution < 1.29 is 18.0 Å². The minimum Gasteiger partial charge on any atom is -0.338 e. The zero-order chi connectivity index (χ0) is 23.8. The number of anilines is 1. The van der Waals surface area contributed by atoms with Gasteiger partial charge in [0.05, 0.1) is 17.0 Å². The molecule has 1 aromatic heterocycles. The third kappa shape index (κ3) is 5.22. The van der Waals surface area contributed by atoms with Gasteiger partial charge in [-0.2, -0.15) is 0 Å². The van der Waals surface area contributed by atoms with E-state index in [1.807, 2.05) is 35.2 Å². The molecular weight excluding hydrogens is 442 g/mol. The summed E-state index contributed by atoms with van der Waals surface area (Å²) in [6.07, 6.45) is 1.49. The highest BCUT2D eigenvalue weighted by Gasteiger charge is 2.42. The maximum absolute atomic E-state index is 13.2. The van der Waals surface area contributed by atoms with Gasteiger partial charge in [0, 0.05) is 51.1 Å². The molecule has 1 unspecified atom stereocenters. The Hall–Kier alpha value is -2.85. The summed E-state index contributed by atoms with van der Waals surface area (Å²) < 4.78 is 23.5. The van der Waals surface area contributed by atoms with Crippen LogP contribution in [0.25, 0.3) is 0 Å².